The van der Waals surface area contributed by atoms with Crippen LogP contribution in [0.3, 0.4) is 0 Å². The fourth-order valence-corrected chi connectivity index (χ4v) is 4.16. The van der Waals surface area contributed by atoms with Crippen molar-refractivity contribution in [3.63, 3.8) is 0 Å². The monoisotopic (exact) mass is 302 g/mol. The molecule has 1 heterocycles. The first-order valence-corrected chi connectivity index (χ1v) is 8.03. The standard InChI is InChI=1S/C12H15FN2O4S/c13-11-3-10(4-12(5-11)15(16)17)7-14-6-9-1-2-20(18,19)8-9/h3-5,9,14H,1-2,6-8H2. The van der Waals surface area contributed by atoms with Crippen molar-refractivity contribution in [1.82, 2.24) is 5.32 Å². The quantitative estimate of drug-likeness (QED) is 0.653. The van der Waals surface area contributed by atoms with Crippen LogP contribution in [0.25, 0.3) is 0 Å². The van der Waals surface area contributed by atoms with Gasteiger partial charge in [-0.2, -0.15) is 0 Å². The van der Waals surface area contributed by atoms with Gasteiger partial charge in [0, 0.05) is 12.6 Å². The van der Waals surface area contributed by atoms with Crippen LogP contribution < -0.4 is 5.32 Å². The van der Waals surface area contributed by atoms with Crippen molar-refractivity contribution < 1.29 is 17.7 Å². The number of rotatable bonds is 5. The number of nitrogens with one attached hydrogen (secondary N) is 1. The number of nitro benzene ring substituents is 1. The van der Waals surface area contributed by atoms with Gasteiger partial charge in [-0.3, -0.25) is 10.1 Å². The third-order valence-corrected chi connectivity index (χ3v) is 5.08. The number of non-ortho nitro benzene ring substituents is 1. The van der Waals surface area contributed by atoms with Crippen LogP contribution in [0.2, 0.25) is 0 Å². The van der Waals surface area contributed by atoms with Crippen molar-refractivity contribution in [2.45, 2.75) is 13.0 Å². The van der Waals surface area contributed by atoms with E-state index in [9.17, 15) is 22.9 Å². The number of benzene rings is 1. The van der Waals surface area contributed by atoms with Crippen LogP contribution in [0.5, 0.6) is 0 Å². The second kappa shape index (κ2) is 5.84. The Kier molecular flexibility index (Phi) is 4.34. The van der Waals surface area contributed by atoms with Gasteiger partial charge in [-0.05, 0) is 30.5 Å². The van der Waals surface area contributed by atoms with E-state index in [-0.39, 0.29) is 29.7 Å². The second-order valence-electron chi connectivity index (χ2n) is 4.97. The van der Waals surface area contributed by atoms with Crippen LogP contribution in [0.15, 0.2) is 18.2 Å². The maximum absolute atomic E-state index is 13.2. The average molecular weight is 302 g/mol. The molecule has 1 aliphatic heterocycles. The zero-order chi connectivity index (χ0) is 14.8. The highest BCUT2D eigenvalue weighted by atomic mass is 32.2. The number of hydrogen-bond donors (Lipinski definition) is 1. The van der Waals surface area contributed by atoms with Crippen LogP contribution in [0.1, 0.15) is 12.0 Å². The molecule has 1 unspecified atom stereocenters. The summed E-state index contributed by atoms with van der Waals surface area (Å²) < 4.78 is 35.8. The van der Waals surface area contributed by atoms with E-state index in [1.807, 2.05) is 0 Å². The molecule has 1 N–H and O–H groups in total. The second-order valence-corrected chi connectivity index (χ2v) is 7.20. The lowest BCUT2D eigenvalue weighted by molar-refractivity contribution is -0.385. The highest BCUT2D eigenvalue weighted by molar-refractivity contribution is 7.91. The van der Waals surface area contributed by atoms with Crippen LogP contribution in [-0.4, -0.2) is 31.4 Å². The Balaban J connectivity index is 1.90. The largest absolute Gasteiger partial charge is 0.312 e. The molecule has 1 aromatic carbocycles. The van der Waals surface area contributed by atoms with Crippen molar-refractivity contribution >= 4 is 15.5 Å². The molecular formula is C12H15FN2O4S. The lowest BCUT2D eigenvalue weighted by atomic mass is 10.1. The number of sulfone groups is 1. The van der Waals surface area contributed by atoms with Crippen molar-refractivity contribution in [3.8, 4) is 0 Å². The van der Waals surface area contributed by atoms with Crippen molar-refractivity contribution in [2.75, 3.05) is 18.1 Å². The molecule has 1 saturated heterocycles. The van der Waals surface area contributed by atoms with E-state index in [1.165, 1.54) is 12.1 Å². The lowest BCUT2D eigenvalue weighted by Gasteiger charge is -2.09. The number of hydrogen-bond acceptors (Lipinski definition) is 5. The van der Waals surface area contributed by atoms with Crippen LogP contribution >= 0.6 is 0 Å². The van der Waals surface area contributed by atoms with E-state index in [0.717, 1.165) is 6.07 Å². The van der Waals surface area contributed by atoms with Crippen molar-refractivity contribution in [1.29, 1.82) is 0 Å². The van der Waals surface area contributed by atoms with Gasteiger partial charge in [0.15, 0.2) is 9.84 Å². The minimum absolute atomic E-state index is 0.0588. The van der Waals surface area contributed by atoms with E-state index < -0.39 is 20.6 Å². The molecule has 1 atom stereocenters. The third kappa shape index (κ3) is 3.97. The molecule has 0 aromatic heterocycles. The van der Waals surface area contributed by atoms with Gasteiger partial charge in [0.05, 0.1) is 22.5 Å². The van der Waals surface area contributed by atoms with Gasteiger partial charge in [0.1, 0.15) is 5.82 Å². The Labute approximate surface area is 116 Å². The van der Waals surface area contributed by atoms with Gasteiger partial charge < -0.3 is 5.32 Å². The van der Waals surface area contributed by atoms with Gasteiger partial charge in [-0.25, -0.2) is 12.8 Å². The Bertz CT molecular complexity index is 618. The van der Waals surface area contributed by atoms with Gasteiger partial charge in [0.25, 0.3) is 5.69 Å². The summed E-state index contributed by atoms with van der Waals surface area (Å²) in [6.07, 6.45) is 0.624. The molecule has 8 heteroatoms. The first-order chi connectivity index (χ1) is 9.35. The summed E-state index contributed by atoms with van der Waals surface area (Å²) in [5.74, 6) is -0.211. The normalized spacial score (nSPS) is 20.9. The molecule has 110 valence electrons. The van der Waals surface area contributed by atoms with Crippen LogP contribution in [-0.2, 0) is 16.4 Å². The predicted octanol–water partition coefficient (Wildman–Crippen LogP) is 1.26. The molecule has 20 heavy (non-hydrogen) atoms. The van der Waals surface area contributed by atoms with E-state index in [0.29, 0.717) is 18.5 Å². The summed E-state index contributed by atoms with van der Waals surface area (Å²) >= 11 is 0. The molecule has 1 aliphatic rings. The molecule has 0 amide bonds. The molecule has 0 spiro atoms. The van der Waals surface area contributed by atoms with Crippen molar-refractivity contribution in [3.05, 3.63) is 39.7 Å². The van der Waals surface area contributed by atoms with E-state index in [1.54, 1.807) is 0 Å². The maximum Gasteiger partial charge on any atom is 0.272 e. The average Bonchev–Trinajstić information content (AvgIpc) is 2.68. The molecular weight excluding hydrogens is 287 g/mol. The summed E-state index contributed by atoms with van der Waals surface area (Å²) in [5.41, 5.74) is 0.183. The topological polar surface area (TPSA) is 89.3 Å². The van der Waals surface area contributed by atoms with Gasteiger partial charge in [-0.1, -0.05) is 0 Å². The fourth-order valence-electron chi connectivity index (χ4n) is 2.29. The first-order valence-electron chi connectivity index (χ1n) is 6.21. The van der Waals surface area contributed by atoms with Crippen molar-refractivity contribution in [2.24, 2.45) is 5.92 Å². The Morgan fingerprint density at radius 1 is 1.40 bits per heavy atom. The maximum atomic E-state index is 13.2. The van der Waals surface area contributed by atoms with E-state index >= 15 is 0 Å². The molecule has 1 aromatic rings. The Hall–Kier alpha value is -1.54. The highest BCUT2D eigenvalue weighted by Crippen LogP contribution is 2.18. The first kappa shape index (κ1) is 14.9. The van der Waals surface area contributed by atoms with Gasteiger partial charge in [-0.15, -0.1) is 0 Å². The van der Waals surface area contributed by atoms with Crippen LogP contribution in [0, 0.1) is 21.8 Å². The number of nitro groups is 1. The summed E-state index contributed by atoms with van der Waals surface area (Å²) in [4.78, 5) is 9.97. The Morgan fingerprint density at radius 2 is 2.15 bits per heavy atom. The van der Waals surface area contributed by atoms with Gasteiger partial charge in [0.2, 0.25) is 0 Å². The summed E-state index contributed by atoms with van der Waals surface area (Å²) in [6, 6.07) is 3.40. The highest BCUT2D eigenvalue weighted by Gasteiger charge is 2.27. The number of nitrogens with zero attached hydrogens (tertiary/aromatic N) is 1. The van der Waals surface area contributed by atoms with E-state index in [2.05, 4.69) is 5.32 Å². The molecule has 0 radical (unpaired) electrons. The van der Waals surface area contributed by atoms with Gasteiger partial charge >= 0.3 is 0 Å². The van der Waals surface area contributed by atoms with E-state index in [4.69, 9.17) is 0 Å². The molecule has 0 aliphatic carbocycles. The molecule has 6 nitrogen and oxygen atoms in total. The minimum Gasteiger partial charge on any atom is -0.312 e. The summed E-state index contributed by atoms with van der Waals surface area (Å²) in [5, 5.41) is 13.6. The zero-order valence-electron chi connectivity index (χ0n) is 10.7. The smallest absolute Gasteiger partial charge is 0.272 e. The zero-order valence-corrected chi connectivity index (χ0v) is 11.5. The lowest BCUT2D eigenvalue weighted by Crippen LogP contribution is -2.23. The number of halogens is 1. The summed E-state index contributed by atoms with van der Waals surface area (Å²) in [7, 11) is -2.90. The minimum atomic E-state index is -2.90. The molecule has 0 saturated carbocycles. The molecule has 2 rings (SSSR count). The molecule has 0 bridgehead atoms. The Morgan fingerprint density at radius 3 is 2.75 bits per heavy atom. The third-order valence-electron chi connectivity index (χ3n) is 3.24. The SMILES string of the molecule is O=[N+]([O-])c1cc(F)cc(CNCC2CCS(=O)(=O)C2)c1. The van der Waals surface area contributed by atoms with Crippen LogP contribution in [0.4, 0.5) is 10.1 Å². The summed E-state index contributed by atoms with van der Waals surface area (Å²) in [6.45, 7) is 0.776. The molecule has 1 fully saturated rings. The predicted molar refractivity (Wildman–Crippen MR) is 71.5 cm³/mol. The fraction of sp³-hybridized carbons (Fsp3) is 0.500.